The summed E-state index contributed by atoms with van der Waals surface area (Å²) in [6.07, 6.45) is 0.396. The number of rotatable bonds is 10. The normalized spacial score (nSPS) is 11.5. The Hall–Kier alpha value is -2.03. The fourth-order valence-electron chi connectivity index (χ4n) is 1.80. The minimum Gasteiger partial charge on any atom is -0.444 e. The zero-order valence-electron chi connectivity index (χ0n) is 17.5. The Morgan fingerprint density at radius 2 is 1.07 bits per heavy atom. The van der Waals surface area contributed by atoms with E-state index in [2.05, 4.69) is 21.3 Å². The molecule has 9 nitrogen and oxygen atoms in total. The van der Waals surface area contributed by atoms with Crippen molar-refractivity contribution in [1.82, 2.24) is 21.3 Å². The molecule has 0 aromatic carbocycles. The maximum atomic E-state index is 11.6. The van der Waals surface area contributed by atoms with E-state index in [1.807, 2.05) is 0 Å². The molecular weight excluding hydrogens is 352 g/mol. The Kier molecular flexibility index (Phi) is 11.4. The number of ether oxygens (including phenoxy) is 2. The molecule has 0 aromatic heterocycles. The fourth-order valence-corrected chi connectivity index (χ4v) is 1.80. The summed E-state index contributed by atoms with van der Waals surface area (Å²) >= 11 is 0. The van der Waals surface area contributed by atoms with Crippen molar-refractivity contribution in [3.8, 4) is 0 Å². The van der Waals surface area contributed by atoms with Crippen LogP contribution >= 0.6 is 0 Å². The summed E-state index contributed by atoms with van der Waals surface area (Å²) in [5.74, 6) is -0.118. The molecule has 0 aliphatic carbocycles. The van der Waals surface area contributed by atoms with Crippen LogP contribution in [0.5, 0.6) is 0 Å². The van der Waals surface area contributed by atoms with Gasteiger partial charge in [-0.1, -0.05) is 0 Å². The quantitative estimate of drug-likeness (QED) is 0.422. The predicted octanol–water partition coefficient (Wildman–Crippen LogP) is 1.52. The van der Waals surface area contributed by atoms with Crippen LogP contribution in [0, 0.1) is 0 Å². The predicted molar refractivity (Wildman–Crippen MR) is 104 cm³/mol. The van der Waals surface area contributed by atoms with Crippen LogP contribution in [0.25, 0.3) is 0 Å². The van der Waals surface area contributed by atoms with Crippen LogP contribution < -0.4 is 21.3 Å². The van der Waals surface area contributed by atoms with E-state index in [9.17, 15) is 14.4 Å². The number of carbonyl (C=O) groups is 3. The Morgan fingerprint density at radius 3 is 1.52 bits per heavy atom. The third-order valence-electron chi connectivity index (χ3n) is 2.83. The van der Waals surface area contributed by atoms with Gasteiger partial charge in [-0.2, -0.15) is 0 Å². The molecule has 0 spiro atoms. The molecule has 0 heterocycles. The summed E-state index contributed by atoms with van der Waals surface area (Å²) in [6, 6.07) is 0. The Morgan fingerprint density at radius 1 is 0.667 bits per heavy atom. The lowest BCUT2D eigenvalue weighted by Crippen LogP contribution is -2.38. The van der Waals surface area contributed by atoms with E-state index in [0.717, 1.165) is 0 Å². The molecule has 0 saturated carbocycles. The number of nitrogens with one attached hydrogen (secondary N) is 4. The SMILES string of the molecule is CC(C)(C)OC(=O)NCCCNCC(=O)NCCCNC(=O)OC(C)(C)C. The van der Waals surface area contributed by atoms with Gasteiger partial charge in [-0.25, -0.2) is 9.59 Å². The number of hydrogen-bond donors (Lipinski definition) is 4. The topological polar surface area (TPSA) is 118 Å². The molecule has 3 amide bonds. The molecule has 9 heteroatoms. The zero-order chi connectivity index (χ0) is 20.9. The van der Waals surface area contributed by atoms with Crippen molar-refractivity contribution in [3.05, 3.63) is 0 Å². The van der Waals surface area contributed by atoms with Crippen molar-refractivity contribution in [2.75, 3.05) is 32.7 Å². The first-order chi connectivity index (χ1) is 12.4. The Labute approximate surface area is 162 Å². The lowest BCUT2D eigenvalue weighted by Gasteiger charge is -2.19. The smallest absolute Gasteiger partial charge is 0.407 e. The van der Waals surface area contributed by atoms with Gasteiger partial charge in [0, 0.05) is 19.6 Å². The maximum absolute atomic E-state index is 11.6. The van der Waals surface area contributed by atoms with E-state index in [1.54, 1.807) is 41.5 Å². The van der Waals surface area contributed by atoms with E-state index in [4.69, 9.17) is 9.47 Å². The molecule has 0 aromatic rings. The van der Waals surface area contributed by atoms with Gasteiger partial charge in [0.05, 0.1) is 6.54 Å². The first-order valence-corrected chi connectivity index (χ1v) is 9.30. The van der Waals surface area contributed by atoms with E-state index >= 15 is 0 Å². The third kappa shape index (κ3) is 18.6. The van der Waals surface area contributed by atoms with Gasteiger partial charge in [-0.15, -0.1) is 0 Å². The van der Waals surface area contributed by atoms with Gasteiger partial charge < -0.3 is 30.7 Å². The standard InChI is InChI=1S/C18H36N4O5/c1-17(2,3)26-15(24)21-11-7-9-19-13-14(23)20-10-8-12-22-16(25)27-18(4,5)6/h19H,7-13H2,1-6H3,(H,20,23)(H,21,24)(H,22,25). The molecule has 27 heavy (non-hydrogen) atoms. The molecule has 0 saturated heterocycles. The van der Waals surface area contributed by atoms with Crippen molar-refractivity contribution in [2.45, 2.75) is 65.6 Å². The second-order valence-corrected chi connectivity index (χ2v) is 8.09. The van der Waals surface area contributed by atoms with E-state index in [-0.39, 0.29) is 12.5 Å². The van der Waals surface area contributed by atoms with Gasteiger partial charge in [-0.05, 0) is 60.9 Å². The van der Waals surface area contributed by atoms with Gasteiger partial charge >= 0.3 is 12.2 Å². The van der Waals surface area contributed by atoms with E-state index < -0.39 is 23.4 Å². The Bertz CT molecular complexity index is 469. The van der Waals surface area contributed by atoms with Crippen LogP contribution in [0.2, 0.25) is 0 Å². The minimum absolute atomic E-state index is 0.118. The molecule has 0 unspecified atom stereocenters. The second-order valence-electron chi connectivity index (χ2n) is 8.09. The molecule has 0 bridgehead atoms. The van der Waals surface area contributed by atoms with Crippen LogP contribution in [-0.2, 0) is 14.3 Å². The van der Waals surface area contributed by atoms with Crippen molar-refractivity contribution in [2.24, 2.45) is 0 Å². The fraction of sp³-hybridized carbons (Fsp3) is 0.833. The molecule has 0 aliphatic heterocycles. The minimum atomic E-state index is -0.521. The number of amides is 3. The summed E-state index contributed by atoms with van der Waals surface area (Å²) in [4.78, 5) is 34.5. The van der Waals surface area contributed by atoms with E-state index in [1.165, 1.54) is 0 Å². The highest BCUT2D eigenvalue weighted by Gasteiger charge is 2.16. The van der Waals surface area contributed by atoms with E-state index in [0.29, 0.717) is 39.0 Å². The number of alkyl carbamates (subject to hydrolysis) is 2. The molecule has 0 aliphatic rings. The summed E-state index contributed by atoms with van der Waals surface area (Å²) in [6.45, 7) is 13.0. The molecule has 4 N–H and O–H groups in total. The van der Waals surface area contributed by atoms with Gasteiger partial charge in [0.25, 0.3) is 0 Å². The highest BCUT2D eigenvalue weighted by atomic mass is 16.6. The van der Waals surface area contributed by atoms with Crippen molar-refractivity contribution < 1.29 is 23.9 Å². The van der Waals surface area contributed by atoms with Crippen LogP contribution in [0.15, 0.2) is 0 Å². The molecule has 0 rings (SSSR count). The molecule has 158 valence electrons. The average molecular weight is 389 g/mol. The largest absolute Gasteiger partial charge is 0.444 e. The lowest BCUT2D eigenvalue weighted by atomic mass is 10.2. The van der Waals surface area contributed by atoms with Crippen LogP contribution in [-0.4, -0.2) is 62.0 Å². The maximum Gasteiger partial charge on any atom is 0.407 e. The van der Waals surface area contributed by atoms with Crippen LogP contribution in [0.3, 0.4) is 0 Å². The molecule has 0 atom stereocenters. The first kappa shape index (κ1) is 25.0. The van der Waals surface area contributed by atoms with Crippen molar-refractivity contribution in [1.29, 1.82) is 0 Å². The Balaban J connectivity index is 3.52. The van der Waals surface area contributed by atoms with Gasteiger partial charge in [0.15, 0.2) is 0 Å². The van der Waals surface area contributed by atoms with Crippen LogP contribution in [0.4, 0.5) is 9.59 Å². The third-order valence-corrected chi connectivity index (χ3v) is 2.83. The summed E-state index contributed by atoms with van der Waals surface area (Å²) in [5, 5.41) is 11.0. The number of carbonyl (C=O) groups excluding carboxylic acids is 3. The highest BCUT2D eigenvalue weighted by molar-refractivity contribution is 5.77. The van der Waals surface area contributed by atoms with Crippen molar-refractivity contribution in [3.63, 3.8) is 0 Å². The van der Waals surface area contributed by atoms with Crippen molar-refractivity contribution >= 4 is 18.1 Å². The summed E-state index contributed by atoms with van der Waals surface area (Å²) in [7, 11) is 0. The second kappa shape index (κ2) is 12.4. The molecule has 0 fully saturated rings. The highest BCUT2D eigenvalue weighted by Crippen LogP contribution is 2.06. The monoisotopic (exact) mass is 388 g/mol. The van der Waals surface area contributed by atoms with Crippen LogP contribution in [0.1, 0.15) is 54.4 Å². The lowest BCUT2D eigenvalue weighted by molar-refractivity contribution is -0.120. The molecular formula is C18H36N4O5. The van der Waals surface area contributed by atoms with Gasteiger partial charge in [0.2, 0.25) is 5.91 Å². The summed E-state index contributed by atoms with van der Waals surface area (Å²) < 4.78 is 10.2. The molecule has 0 radical (unpaired) electrons. The van der Waals surface area contributed by atoms with Gasteiger partial charge in [-0.3, -0.25) is 4.79 Å². The van der Waals surface area contributed by atoms with Gasteiger partial charge in [0.1, 0.15) is 11.2 Å². The first-order valence-electron chi connectivity index (χ1n) is 9.30. The number of hydrogen-bond acceptors (Lipinski definition) is 6. The zero-order valence-corrected chi connectivity index (χ0v) is 17.5. The average Bonchev–Trinajstić information content (AvgIpc) is 2.46. The summed E-state index contributed by atoms with van der Waals surface area (Å²) in [5.41, 5.74) is -1.03.